The van der Waals surface area contributed by atoms with Crippen molar-refractivity contribution in [2.24, 2.45) is 7.05 Å². The normalized spacial score (nSPS) is 11.1. The van der Waals surface area contributed by atoms with Gasteiger partial charge in [-0.1, -0.05) is 0 Å². The molecule has 3 rings (SSSR count). The number of nitrogens with zero attached hydrogens (tertiary/aromatic N) is 2. The molecule has 0 saturated carbocycles. The van der Waals surface area contributed by atoms with Crippen molar-refractivity contribution >= 4 is 22.5 Å². The smallest absolute Gasteiger partial charge is 0.408 e. The maximum atomic E-state index is 11.1. The molecule has 104 valence electrons. The lowest BCUT2D eigenvalue weighted by Gasteiger charge is -2.08. The van der Waals surface area contributed by atoms with Crippen molar-refractivity contribution in [2.45, 2.75) is 6.42 Å². The monoisotopic (exact) mass is 273 g/mol. The van der Waals surface area contributed by atoms with Crippen LogP contribution in [0.3, 0.4) is 0 Å². The third kappa shape index (κ3) is 2.37. The van der Waals surface area contributed by atoms with Crippen molar-refractivity contribution in [2.75, 3.05) is 17.6 Å². The summed E-state index contributed by atoms with van der Waals surface area (Å²) in [6, 6.07) is 5.38. The van der Waals surface area contributed by atoms with Gasteiger partial charge in [-0.05, 0) is 12.1 Å². The molecule has 4 N–H and O–H groups in total. The molecule has 0 amide bonds. The molecule has 3 aromatic rings. The first-order valence-electron chi connectivity index (χ1n) is 6.26. The third-order valence-corrected chi connectivity index (χ3v) is 3.06. The van der Waals surface area contributed by atoms with Gasteiger partial charge < -0.3 is 15.5 Å². The van der Waals surface area contributed by atoms with Crippen LogP contribution in [-0.4, -0.2) is 21.3 Å². The van der Waals surface area contributed by atoms with Crippen LogP contribution in [0.4, 0.5) is 11.4 Å². The van der Waals surface area contributed by atoms with Gasteiger partial charge in [0.2, 0.25) is 0 Å². The van der Waals surface area contributed by atoms with Crippen molar-refractivity contribution < 1.29 is 4.42 Å². The Labute approximate surface area is 114 Å². The van der Waals surface area contributed by atoms with Gasteiger partial charge in [0.25, 0.3) is 0 Å². The number of aromatic amines is 1. The lowest BCUT2D eigenvalue weighted by molar-refractivity contribution is 0.555. The summed E-state index contributed by atoms with van der Waals surface area (Å²) in [4.78, 5) is 13.7. The van der Waals surface area contributed by atoms with E-state index >= 15 is 0 Å². The molecule has 2 heterocycles. The fraction of sp³-hybridized carbons (Fsp3) is 0.231. The first-order valence-corrected chi connectivity index (χ1v) is 6.26. The highest BCUT2D eigenvalue weighted by molar-refractivity contribution is 5.85. The second-order valence-electron chi connectivity index (χ2n) is 4.61. The molecule has 2 aromatic heterocycles. The van der Waals surface area contributed by atoms with E-state index in [0.717, 1.165) is 17.8 Å². The maximum Gasteiger partial charge on any atom is 0.417 e. The standard InChI is InChI=1S/C13H15N5O2/c1-18-5-3-8(17-18)2-4-15-10-7-11-12(6-9(10)14)20-13(19)16-11/h3,5-7,15H,2,4,14H2,1H3,(H,16,19). The van der Waals surface area contributed by atoms with Crippen molar-refractivity contribution in [1.29, 1.82) is 0 Å². The summed E-state index contributed by atoms with van der Waals surface area (Å²) in [6.07, 6.45) is 2.70. The van der Waals surface area contributed by atoms with Crippen molar-refractivity contribution in [3.05, 3.63) is 40.6 Å². The van der Waals surface area contributed by atoms with Gasteiger partial charge in [0.1, 0.15) is 0 Å². The van der Waals surface area contributed by atoms with Crippen LogP contribution < -0.4 is 16.8 Å². The first kappa shape index (κ1) is 12.3. The lowest BCUT2D eigenvalue weighted by Crippen LogP contribution is -2.07. The van der Waals surface area contributed by atoms with E-state index in [2.05, 4.69) is 15.4 Å². The number of oxazole rings is 1. The van der Waals surface area contributed by atoms with E-state index in [-0.39, 0.29) is 0 Å². The number of nitrogens with two attached hydrogens (primary N) is 1. The second kappa shape index (κ2) is 4.76. The zero-order valence-corrected chi connectivity index (χ0v) is 11.0. The van der Waals surface area contributed by atoms with Gasteiger partial charge in [-0.15, -0.1) is 0 Å². The minimum Gasteiger partial charge on any atom is -0.408 e. The van der Waals surface area contributed by atoms with E-state index in [1.165, 1.54) is 0 Å². The van der Waals surface area contributed by atoms with Gasteiger partial charge in [0.05, 0.1) is 22.6 Å². The zero-order valence-electron chi connectivity index (χ0n) is 11.0. The fourth-order valence-electron chi connectivity index (χ4n) is 2.09. The molecule has 0 saturated heterocycles. The van der Waals surface area contributed by atoms with Crippen molar-refractivity contribution in [1.82, 2.24) is 14.8 Å². The minimum atomic E-state index is -0.481. The Morgan fingerprint density at radius 3 is 3.10 bits per heavy atom. The number of fused-ring (bicyclic) bond motifs is 1. The molecule has 0 spiro atoms. The number of rotatable bonds is 4. The van der Waals surface area contributed by atoms with E-state index in [0.29, 0.717) is 23.3 Å². The van der Waals surface area contributed by atoms with Gasteiger partial charge in [0, 0.05) is 32.3 Å². The predicted molar refractivity (Wildman–Crippen MR) is 76.6 cm³/mol. The minimum absolute atomic E-state index is 0.461. The SMILES string of the molecule is Cn1ccc(CCNc2cc3[nH]c(=O)oc3cc2N)n1. The molecule has 0 unspecified atom stereocenters. The Balaban J connectivity index is 1.73. The Hall–Kier alpha value is -2.70. The molecule has 0 radical (unpaired) electrons. The maximum absolute atomic E-state index is 11.1. The molecule has 0 atom stereocenters. The molecule has 7 nitrogen and oxygen atoms in total. The van der Waals surface area contributed by atoms with Crippen LogP contribution in [0.5, 0.6) is 0 Å². The van der Waals surface area contributed by atoms with Crippen LogP contribution in [0.25, 0.3) is 11.1 Å². The highest BCUT2D eigenvalue weighted by Gasteiger charge is 2.06. The van der Waals surface area contributed by atoms with Crippen LogP contribution in [0.1, 0.15) is 5.69 Å². The van der Waals surface area contributed by atoms with Gasteiger partial charge in [0.15, 0.2) is 5.58 Å². The van der Waals surface area contributed by atoms with E-state index in [1.807, 2.05) is 19.3 Å². The van der Waals surface area contributed by atoms with Crippen LogP contribution in [0, 0.1) is 0 Å². The number of anilines is 2. The van der Waals surface area contributed by atoms with E-state index in [1.54, 1.807) is 16.8 Å². The summed E-state index contributed by atoms with van der Waals surface area (Å²) in [6.45, 7) is 0.703. The summed E-state index contributed by atoms with van der Waals surface area (Å²) in [5.74, 6) is -0.481. The first-order chi connectivity index (χ1) is 9.61. The molecule has 0 bridgehead atoms. The Bertz CT molecular complexity index is 799. The number of hydrogen-bond acceptors (Lipinski definition) is 5. The lowest BCUT2D eigenvalue weighted by atomic mass is 10.2. The summed E-state index contributed by atoms with van der Waals surface area (Å²) in [5.41, 5.74) is 9.33. The van der Waals surface area contributed by atoms with E-state index in [4.69, 9.17) is 10.2 Å². The number of hydrogen-bond donors (Lipinski definition) is 3. The fourth-order valence-corrected chi connectivity index (χ4v) is 2.09. The molecule has 1 aromatic carbocycles. The number of nitrogens with one attached hydrogen (secondary N) is 2. The van der Waals surface area contributed by atoms with Gasteiger partial charge in [-0.25, -0.2) is 4.79 Å². The predicted octanol–water partition coefficient (Wildman–Crippen LogP) is 1.09. The average Bonchev–Trinajstić information content (AvgIpc) is 2.95. The van der Waals surface area contributed by atoms with Gasteiger partial charge in [-0.2, -0.15) is 5.10 Å². The summed E-state index contributed by atoms with van der Waals surface area (Å²) < 4.78 is 6.72. The molecule has 0 aliphatic carbocycles. The summed E-state index contributed by atoms with van der Waals surface area (Å²) in [7, 11) is 1.89. The van der Waals surface area contributed by atoms with Crippen molar-refractivity contribution in [3.8, 4) is 0 Å². The van der Waals surface area contributed by atoms with Gasteiger partial charge >= 0.3 is 5.76 Å². The van der Waals surface area contributed by atoms with Crippen LogP contribution in [0.15, 0.2) is 33.6 Å². The molecule has 0 fully saturated rings. The number of nitrogen functional groups attached to an aromatic ring is 1. The third-order valence-electron chi connectivity index (χ3n) is 3.06. The summed E-state index contributed by atoms with van der Waals surface area (Å²) in [5, 5.41) is 7.53. The van der Waals surface area contributed by atoms with Crippen LogP contribution in [0.2, 0.25) is 0 Å². The topological polar surface area (TPSA) is 102 Å². The molecular formula is C13H15N5O2. The molecule has 20 heavy (non-hydrogen) atoms. The number of benzene rings is 1. The Morgan fingerprint density at radius 2 is 2.35 bits per heavy atom. The highest BCUT2D eigenvalue weighted by Crippen LogP contribution is 2.24. The average molecular weight is 273 g/mol. The van der Waals surface area contributed by atoms with Gasteiger partial charge in [-0.3, -0.25) is 9.67 Å². The Morgan fingerprint density at radius 1 is 1.50 bits per heavy atom. The van der Waals surface area contributed by atoms with E-state index < -0.39 is 5.76 Å². The molecular weight excluding hydrogens is 258 g/mol. The molecule has 0 aliphatic rings. The number of aryl methyl sites for hydroxylation is 1. The van der Waals surface area contributed by atoms with Crippen LogP contribution in [-0.2, 0) is 13.5 Å². The zero-order chi connectivity index (χ0) is 14.1. The van der Waals surface area contributed by atoms with Crippen molar-refractivity contribution in [3.63, 3.8) is 0 Å². The second-order valence-corrected chi connectivity index (χ2v) is 4.61. The van der Waals surface area contributed by atoms with Crippen LogP contribution >= 0.6 is 0 Å². The number of aromatic nitrogens is 3. The van der Waals surface area contributed by atoms with E-state index in [9.17, 15) is 4.79 Å². The molecule has 7 heteroatoms. The highest BCUT2D eigenvalue weighted by atomic mass is 16.4. The molecule has 0 aliphatic heterocycles. The summed E-state index contributed by atoms with van der Waals surface area (Å²) >= 11 is 0. The largest absolute Gasteiger partial charge is 0.417 e. The number of H-pyrrole nitrogens is 1. The quantitative estimate of drug-likeness (QED) is 0.618. The Kier molecular flexibility index (Phi) is 2.94.